The van der Waals surface area contributed by atoms with Gasteiger partial charge in [0, 0.05) is 0 Å². The van der Waals surface area contributed by atoms with E-state index in [0.29, 0.717) is 0 Å². The maximum absolute atomic E-state index is 6.09. The number of epoxide rings is 1. The van der Waals surface area contributed by atoms with Crippen molar-refractivity contribution in [2.45, 2.75) is 57.7 Å². The number of ether oxygens (including phenoxy) is 1. The summed E-state index contributed by atoms with van der Waals surface area (Å²) in [5, 5.41) is 0. The molecule has 1 aliphatic heterocycles. The summed E-state index contributed by atoms with van der Waals surface area (Å²) in [7, 11) is 0. The van der Waals surface area contributed by atoms with Crippen LogP contribution in [0.2, 0.25) is 0 Å². The molecule has 0 aromatic rings. The van der Waals surface area contributed by atoms with Crippen molar-refractivity contribution in [2.75, 3.05) is 0 Å². The monoisotopic (exact) mass is 192 g/mol. The lowest BCUT2D eigenvalue weighted by Gasteiger charge is -2.21. The smallest absolute Gasteiger partial charge is 0.123 e. The highest BCUT2D eigenvalue weighted by molar-refractivity contribution is 5.44. The van der Waals surface area contributed by atoms with Gasteiger partial charge in [0.1, 0.15) is 11.2 Å². The molecule has 2 aliphatic rings. The molecule has 0 spiro atoms. The molecule has 2 unspecified atom stereocenters. The number of hydrogen-bond acceptors (Lipinski definition) is 1. The normalized spacial score (nSPS) is 39.2. The van der Waals surface area contributed by atoms with E-state index in [-0.39, 0.29) is 11.2 Å². The topological polar surface area (TPSA) is 12.5 Å². The Morgan fingerprint density at radius 1 is 1.29 bits per heavy atom. The molecule has 2 atom stereocenters. The number of rotatable bonds is 4. The Bertz CT molecular complexity index is 290. The van der Waals surface area contributed by atoms with Crippen LogP contribution in [0.15, 0.2) is 23.8 Å². The van der Waals surface area contributed by atoms with Gasteiger partial charge in [-0.3, -0.25) is 0 Å². The highest BCUT2D eigenvalue weighted by Crippen LogP contribution is 2.60. The summed E-state index contributed by atoms with van der Waals surface area (Å²) in [6, 6.07) is 0. The van der Waals surface area contributed by atoms with Crippen LogP contribution in [0.5, 0.6) is 0 Å². The van der Waals surface area contributed by atoms with Gasteiger partial charge in [0.05, 0.1) is 0 Å². The van der Waals surface area contributed by atoms with Gasteiger partial charge in [-0.15, -0.1) is 0 Å². The van der Waals surface area contributed by atoms with Crippen molar-refractivity contribution in [3.05, 3.63) is 23.8 Å². The molecule has 1 fully saturated rings. The minimum absolute atomic E-state index is 0.0661. The number of hydrogen-bond donors (Lipinski definition) is 0. The van der Waals surface area contributed by atoms with Gasteiger partial charge < -0.3 is 4.74 Å². The largest absolute Gasteiger partial charge is 0.353 e. The van der Waals surface area contributed by atoms with Crippen LogP contribution in [-0.4, -0.2) is 11.2 Å². The van der Waals surface area contributed by atoms with Gasteiger partial charge in [0.15, 0.2) is 0 Å². The molecule has 0 radical (unpaired) electrons. The maximum atomic E-state index is 6.09. The van der Waals surface area contributed by atoms with Gasteiger partial charge in [-0.2, -0.15) is 0 Å². The van der Waals surface area contributed by atoms with E-state index >= 15 is 0 Å². The Morgan fingerprint density at radius 3 is 2.64 bits per heavy atom. The highest BCUT2D eigenvalue weighted by atomic mass is 16.6. The van der Waals surface area contributed by atoms with E-state index in [0.717, 1.165) is 19.3 Å². The van der Waals surface area contributed by atoms with Crippen molar-refractivity contribution >= 4 is 0 Å². The predicted octanol–water partition coefficient (Wildman–Crippen LogP) is 3.61. The third-order valence-corrected chi connectivity index (χ3v) is 3.68. The fourth-order valence-corrected chi connectivity index (χ4v) is 2.96. The van der Waals surface area contributed by atoms with Crippen molar-refractivity contribution < 1.29 is 4.74 Å². The summed E-state index contributed by atoms with van der Waals surface area (Å²) >= 11 is 0. The minimum Gasteiger partial charge on any atom is -0.353 e. The zero-order valence-corrected chi connectivity index (χ0v) is 9.47. The van der Waals surface area contributed by atoms with E-state index in [4.69, 9.17) is 4.74 Å². The van der Waals surface area contributed by atoms with Gasteiger partial charge in [0.25, 0.3) is 0 Å². The third kappa shape index (κ3) is 1.05. The molecule has 1 aliphatic carbocycles. The molecule has 2 rings (SSSR count). The first-order chi connectivity index (χ1) is 6.74. The molecule has 0 bridgehead atoms. The zero-order chi connectivity index (χ0) is 10.2. The second kappa shape index (κ2) is 3.23. The van der Waals surface area contributed by atoms with E-state index in [1.165, 1.54) is 12.0 Å². The summed E-state index contributed by atoms with van der Waals surface area (Å²) < 4.78 is 6.09. The SMILES string of the molecule is CCCC12C=CC=C(CC)C1(CC)O2. The highest BCUT2D eigenvalue weighted by Gasteiger charge is 2.68. The molecule has 0 N–H and O–H groups in total. The number of fused-ring (bicyclic) bond motifs is 1. The second-order valence-electron chi connectivity index (χ2n) is 4.33. The fraction of sp³-hybridized carbons (Fsp3) is 0.692. The molecule has 0 aromatic carbocycles. The van der Waals surface area contributed by atoms with Crippen LogP contribution in [-0.2, 0) is 4.74 Å². The Morgan fingerprint density at radius 2 is 2.07 bits per heavy atom. The fourth-order valence-electron chi connectivity index (χ4n) is 2.96. The average molecular weight is 192 g/mol. The van der Waals surface area contributed by atoms with E-state index in [9.17, 15) is 0 Å². The zero-order valence-electron chi connectivity index (χ0n) is 9.47. The Kier molecular flexibility index (Phi) is 2.30. The van der Waals surface area contributed by atoms with Crippen LogP contribution in [0, 0.1) is 0 Å². The van der Waals surface area contributed by atoms with E-state index in [2.05, 4.69) is 39.0 Å². The minimum atomic E-state index is 0.0661. The van der Waals surface area contributed by atoms with Crippen LogP contribution in [0.1, 0.15) is 46.5 Å². The van der Waals surface area contributed by atoms with Gasteiger partial charge >= 0.3 is 0 Å². The third-order valence-electron chi connectivity index (χ3n) is 3.68. The van der Waals surface area contributed by atoms with Gasteiger partial charge in [-0.1, -0.05) is 39.3 Å². The van der Waals surface area contributed by atoms with E-state index in [1.807, 2.05) is 0 Å². The lowest BCUT2D eigenvalue weighted by molar-refractivity contribution is 0.286. The summed E-state index contributed by atoms with van der Waals surface area (Å²) in [5.41, 5.74) is 1.62. The quantitative estimate of drug-likeness (QED) is 0.620. The average Bonchev–Trinajstić information content (AvgIpc) is 2.87. The van der Waals surface area contributed by atoms with Crippen LogP contribution >= 0.6 is 0 Å². The van der Waals surface area contributed by atoms with Crippen molar-refractivity contribution in [2.24, 2.45) is 0 Å². The van der Waals surface area contributed by atoms with Crippen LogP contribution in [0.4, 0.5) is 0 Å². The predicted molar refractivity (Wildman–Crippen MR) is 59.3 cm³/mol. The Labute approximate surface area is 86.8 Å². The Balaban J connectivity index is 2.28. The summed E-state index contributed by atoms with van der Waals surface area (Å²) in [6.45, 7) is 6.69. The van der Waals surface area contributed by atoms with Crippen molar-refractivity contribution in [3.63, 3.8) is 0 Å². The first kappa shape index (κ1) is 9.97. The first-order valence-corrected chi connectivity index (χ1v) is 5.83. The lowest BCUT2D eigenvalue weighted by Crippen LogP contribution is -2.27. The molecular formula is C13H20O. The standard InChI is InChI=1S/C13H20O/c1-4-9-12-10-7-8-11(5-2)13(12,6-3)14-12/h7-8,10H,4-6,9H2,1-3H3. The number of allylic oxidation sites excluding steroid dienone is 2. The maximum Gasteiger partial charge on any atom is 0.123 e. The van der Waals surface area contributed by atoms with Crippen LogP contribution in [0.25, 0.3) is 0 Å². The van der Waals surface area contributed by atoms with Crippen LogP contribution < -0.4 is 0 Å². The molecule has 1 saturated heterocycles. The first-order valence-electron chi connectivity index (χ1n) is 5.83. The molecule has 0 amide bonds. The molecule has 0 saturated carbocycles. The van der Waals surface area contributed by atoms with Crippen LogP contribution in [0.3, 0.4) is 0 Å². The van der Waals surface area contributed by atoms with E-state index < -0.39 is 0 Å². The Hall–Kier alpha value is -0.560. The molecule has 78 valence electrons. The summed E-state index contributed by atoms with van der Waals surface area (Å²) in [5.74, 6) is 0. The second-order valence-corrected chi connectivity index (χ2v) is 4.33. The molecule has 1 heteroatoms. The molecular weight excluding hydrogens is 172 g/mol. The van der Waals surface area contributed by atoms with Gasteiger partial charge in [-0.05, 0) is 30.9 Å². The van der Waals surface area contributed by atoms with E-state index in [1.54, 1.807) is 0 Å². The molecule has 1 heterocycles. The molecule has 14 heavy (non-hydrogen) atoms. The lowest BCUT2D eigenvalue weighted by atomic mass is 9.77. The van der Waals surface area contributed by atoms with Crippen molar-refractivity contribution in [3.8, 4) is 0 Å². The van der Waals surface area contributed by atoms with Crippen molar-refractivity contribution in [1.82, 2.24) is 0 Å². The summed E-state index contributed by atoms with van der Waals surface area (Å²) in [6.07, 6.45) is 11.3. The van der Waals surface area contributed by atoms with Gasteiger partial charge in [-0.25, -0.2) is 0 Å². The summed E-state index contributed by atoms with van der Waals surface area (Å²) in [4.78, 5) is 0. The van der Waals surface area contributed by atoms with Crippen molar-refractivity contribution in [1.29, 1.82) is 0 Å². The van der Waals surface area contributed by atoms with Gasteiger partial charge in [0.2, 0.25) is 0 Å². The molecule has 0 aromatic heterocycles. The molecule has 1 nitrogen and oxygen atoms in total.